The van der Waals surface area contributed by atoms with Crippen LogP contribution in [0.1, 0.15) is 25.0 Å². The van der Waals surface area contributed by atoms with Crippen LogP contribution < -0.4 is 0 Å². The summed E-state index contributed by atoms with van der Waals surface area (Å²) in [6.45, 7) is 7.68. The molecule has 0 spiro atoms. The van der Waals surface area contributed by atoms with Gasteiger partial charge in [-0.2, -0.15) is 0 Å². The van der Waals surface area contributed by atoms with Crippen LogP contribution in [0.5, 0.6) is 5.75 Å². The molecule has 0 radical (unpaired) electrons. The number of allylic oxidation sites excluding steroid dienone is 5. The van der Waals surface area contributed by atoms with Crippen LogP contribution in [0, 0.1) is 18.2 Å². The molecule has 3 nitrogen and oxygen atoms in total. The first-order chi connectivity index (χ1) is 13.9. The van der Waals surface area contributed by atoms with Gasteiger partial charge in [0.1, 0.15) is 17.3 Å². The molecule has 29 heavy (non-hydrogen) atoms. The fraction of sp³-hybridized carbons (Fsp3) is 0.120. The molecule has 1 N–H and O–H groups in total. The Morgan fingerprint density at radius 3 is 2.55 bits per heavy atom. The first kappa shape index (κ1) is 21.6. The summed E-state index contributed by atoms with van der Waals surface area (Å²) in [6, 6.07) is 7.97. The van der Waals surface area contributed by atoms with Gasteiger partial charge in [0.25, 0.3) is 0 Å². The highest BCUT2D eigenvalue weighted by atomic mass is 19.1. The molecule has 0 aromatic heterocycles. The largest absolute Gasteiger partial charge is 0.506 e. The van der Waals surface area contributed by atoms with E-state index in [1.807, 2.05) is 44.2 Å². The van der Waals surface area contributed by atoms with E-state index in [-0.39, 0.29) is 11.3 Å². The predicted octanol–water partition coefficient (Wildman–Crippen LogP) is 6.12. The van der Waals surface area contributed by atoms with E-state index in [1.165, 1.54) is 6.07 Å². The van der Waals surface area contributed by atoms with Crippen molar-refractivity contribution in [1.29, 1.82) is 0 Å². The van der Waals surface area contributed by atoms with Gasteiger partial charge in [-0.1, -0.05) is 30.7 Å². The van der Waals surface area contributed by atoms with Gasteiger partial charge in [0, 0.05) is 24.5 Å². The normalized spacial score (nSPS) is 12.2. The lowest BCUT2D eigenvalue weighted by molar-refractivity contribution is 0.477. The van der Waals surface area contributed by atoms with Gasteiger partial charge in [-0.15, -0.1) is 6.42 Å². The summed E-state index contributed by atoms with van der Waals surface area (Å²) < 4.78 is 13.7. The number of hydrogen-bond acceptors (Lipinski definition) is 3. The fourth-order valence-electron chi connectivity index (χ4n) is 2.65. The second-order valence-electron chi connectivity index (χ2n) is 6.42. The number of halogens is 1. The van der Waals surface area contributed by atoms with Crippen molar-refractivity contribution in [3.8, 4) is 29.2 Å². The molecule has 0 fully saturated rings. The number of benzene rings is 2. The SMILES string of the molecule is C#Cc1cc(-c2cc(O)c(N=C(C)/C=C/C=C\C=NC)c(C(=C)C)c2)ccc1F. The molecule has 0 saturated heterocycles. The Morgan fingerprint density at radius 1 is 1.14 bits per heavy atom. The molecule has 0 aliphatic rings. The van der Waals surface area contributed by atoms with E-state index in [2.05, 4.69) is 22.5 Å². The van der Waals surface area contributed by atoms with Gasteiger partial charge in [0.05, 0.1) is 5.56 Å². The maximum absolute atomic E-state index is 13.7. The minimum atomic E-state index is -0.455. The summed E-state index contributed by atoms with van der Waals surface area (Å²) in [4.78, 5) is 8.40. The van der Waals surface area contributed by atoms with Gasteiger partial charge < -0.3 is 5.11 Å². The van der Waals surface area contributed by atoms with Crippen molar-refractivity contribution in [1.82, 2.24) is 0 Å². The Bertz CT molecular complexity index is 1080. The number of nitrogens with zero attached hydrogens (tertiary/aromatic N) is 2. The summed E-state index contributed by atoms with van der Waals surface area (Å²) in [5.41, 5.74) is 4.16. The third kappa shape index (κ3) is 5.63. The van der Waals surface area contributed by atoms with Crippen molar-refractivity contribution in [2.45, 2.75) is 13.8 Å². The van der Waals surface area contributed by atoms with E-state index in [1.54, 1.807) is 31.5 Å². The topological polar surface area (TPSA) is 45.0 Å². The zero-order chi connectivity index (χ0) is 21.4. The first-order valence-corrected chi connectivity index (χ1v) is 8.97. The minimum absolute atomic E-state index is 0.00786. The molecule has 146 valence electrons. The van der Waals surface area contributed by atoms with Crippen molar-refractivity contribution in [3.63, 3.8) is 0 Å². The van der Waals surface area contributed by atoms with Crippen molar-refractivity contribution in [3.05, 3.63) is 78.2 Å². The average molecular weight is 386 g/mol. The van der Waals surface area contributed by atoms with E-state index in [0.29, 0.717) is 28.1 Å². The number of aliphatic imine (C=N–C) groups is 2. The summed E-state index contributed by atoms with van der Waals surface area (Å²) in [6.07, 6.45) is 14.4. The second kappa shape index (κ2) is 10.0. The highest BCUT2D eigenvalue weighted by Gasteiger charge is 2.13. The molecular weight excluding hydrogens is 363 g/mol. The Balaban J connectivity index is 2.50. The second-order valence-corrected chi connectivity index (χ2v) is 6.42. The molecule has 0 heterocycles. The third-order valence-electron chi connectivity index (χ3n) is 4.09. The summed E-state index contributed by atoms with van der Waals surface area (Å²) in [7, 11) is 1.70. The molecule has 0 amide bonds. The molecule has 2 rings (SSSR count). The minimum Gasteiger partial charge on any atom is -0.506 e. The molecular formula is C25H23FN2O. The Morgan fingerprint density at radius 2 is 1.90 bits per heavy atom. The smallest absolute Gasteiger partial charge is 0.142 e. The number of aromatic hydroxyl groups is 1. The molecule has 0 unspecified atom stereocenters. The van der Waals surface area contributed by atoms with Gasteiger partial charge >= 0.3 is 0 Å². The highest BCUT2D eigenvalue weighted by Crippen LogP contribution is 2.39. The molecule has 0 saturated carbocycles. The van der Waals surface area contributed by atoms with Crippen molar-refractivity contribution >= 4 is 23.2 Å². The lowest BCUT2D eigenvalue weighted by atomic mass is 9.96. The van der Waals surface area contributed by atoms with E-state index in [0.717, 1.165) is 5.57 Å². The number of phenols is 1. The monoisotopic (exact) mass is 386 g/mol. The van der Waals surface area contributed by atoms with Crippen molar-refractivity contribution < 1.29 is 9.50 Å². The highest BCUT2D eigenvalue weighted by molar-refractivity contribution is 5.97. The lowest BCUT2D eigenvalue weighted by Gasteiger charge is -2.12. The van der Waals surface area contributed by atoms with Crippen LogP contribution in [-0.4, -0.2) is 24.1 Å². The fourth-order valence-corrected chi connectivity index (χ4v) is 2.65. The Labute approximate surface area is 171 Å². The zero-order valence-electron chi connectivity index (χ0n) is 16.8. The quantitative estimate of drug-likeness (QED) is 0.363. The lowest BCUT2D eigenvalue weighted by Crippen LogP contribution is -1.90. The molecule has 2 aromatic rings. The van der Waals surface area contributed by atoms with Crippen LogP contribution in [0.15, 0.2) is 71.2 Å². The molecule has 0 bridgehead atoms. The Hall–Kier alpha value is -3.71. The molecule has 4 heteroatoms. The zero-order valence-corrected chi connectivity index (χ0v) is 16.8. The van der Waals surface area contributed by atoms with Crippen LogP contribution in [0.3, 0.4) is 0 Å². The summed E-state index contributed by atoms with van der Waals surface area (Å²) in [5.74, 6) is 1.88. The van der Waals surface area contributed by atoms with Gasteiger partial charge in [-0.3, -0.25) is 4.99 Å². The molecule has 0 aliphatic heterocycles. The van der Waals surface area contributed by atoms with Crippen LogP contribution in [0.25, 0.3) is 16.7 Å². The number of rotatable bonds is 6. The summed E-state index contributed by atoms with van der Waals surface area (Å²) >= 11 is 0. The summed E-state index contributed by atoms with van der Waals surface area (Å²) in [5, 5.41) is 10.6. The van der Waals surface area contributed by atoms with Gasteiger partial charge in [0.2, 0.25) is 0 Å². The number of phenolic OH excluding ortho intramolecular Hbond substituents is 1. The number of terminal acetylenes is 1. The standard InChI is InChI=1S/C25H23FN2O/c1-6-19-14-20(11-12-23(19)26)21-15-22(17(2)3)25(24(29)16-21)28-18(4)10-8-7-9-13-27-5/h1,7-16,29H,2H2,3-5H3/b9-7-,10-8+,27-13?,28-18?. The van der Waals surface area contributed by atoms with E-state index in [4.69, 9.17) is 6.42 Å². The van der Waals surface area contributed by atoms with E-state index >= 15 is 0 Å². The first-order valence-electron chi connectivity index (χ1n) is 8.97. The van der Waals surface area contributed by atoms with Gasteiger partial charge in [0.15, 0.2) is 0 Å². The Kier molecular flexibility index (Phi) is 7.45. The number of hydrogen-bond donors (Lipinski definition) is 1. The van der Waals surface area contributed by atoms with Crippen molar-refractivity contribution in [2.24, 2.45) is 9.98 Å². The van der Waals surface area contributed by atoms with Crippen LogP contribution in [0.2, 0.25) is 0 Å². The average Bonchev–Trinajstić information content (AvgIpc) is 2.69. The third-order valence-corrected chi connectivity index (χ3v) is 4.09. The van der Waals surface area contributed by atoms with Crippen LogP contribution >= 0.6 is 0 Å². The molecule has 2 aromatic carbocycles. The van der Waals surface area contributed by atoms with Crippen LogP contribution in [-0.2, 0) is 0 Å². The van der Waals surface area contributed by atoms with E-state index in [9.17, 15) is 9.50 Å². The van der Waals surface area contributed by atoms with Gasteiger partial charge in [-0.05, 0) is 67.0 Å². The van der Waals surface area contributed by atoms with Crippen LogP contribution in [0.4, 0.5) is 10.1 Å². The van der Waals surface area contributed by atoms with Crippen molar-refractivity contribution in [2.75, 3.05) is 7.05 Å². The molecule has 0 aliphatic carbocycles. The molecule has 0 atom stereocenters. The predicted molar refractivity (Wildman–Crippen MR) is 122 cm³/mol. The maximum atomic E-state index is 13.7. The van der Waals surface area contributed by atoms with Gasteiger partial charge in [-0.25, -0.2) is 9.38 Å². The maximum Gasteiger partial charge on any atom is 0.142 e. The van der Waals surface area contributed by atoms with E-state index < -0.39 is 5.82 Å².